The van der Waals surface area contributed by atoms with Crippen molar-refractivity contribution in [3.63, 3.8) is 0 Å². The lowest BCUT2D eigenvalue weighted by Gasteiger charge is -2.23. The third-order valence-electron chi connectivity index (χ3n) is 2.38. The summed E-state index contributed by atoms with van der Waals surface area (Å²) in [5, 5.41) is 8.83. The van der Waals surface area contributed by atoms with Gasteiger partial charge in [-0.05, 0) is 34.0 Å². The SMILES string of the molecule is CC(C)CN(CC(=O)O)C(=O)c1c(F)cccc1Br. The van der Waals surface area contributed by atoms with Crippen LogP contribution in [0.4, 0.5) is 4.39 Å². The maximum absolute atomic E-state index is 13.7. The van der Waals surface area contributed by atoms with Crippen molar-refractivity contribution < 1.29 is 19.1 Å². The molecule has 1 amide bonds. The summed E-state index contributed by atoms with van der Waals surface area (Å²) in [6, 6.07) is 4.19. The fraction of sp³-hybridized carbons (Fsp3) is 0.385. The number of carboxylic acids is 1. The highest BCUT2D eigenvalue weighted by molar-refractivity contribution is 9.10. The number of hydrogen-bond acceptors (Lipinski definition) is 2. The molecule has 0 radical (unpaired) electrons. The van der Waals surface area contributed by atoms with Gasteiger partial charge >= 0.3 is 5.97 Å². The van der Waals surface area contributed by atoms with Crippen LogP contribution < -0.4 is 0 Å². The molecule has 4 nitrogen and oxygen atoms in total. The van der Waals surface area contributed by atoms with Crippen LogP contribution in [-0.4, -0.2) is 35.0 Å². The van der Waals surface area contributed by atoms with Gasteiger partial charge in [0.1, 0.15) is 12.4 Å². The van der Waals surface area contributed by atoms with Crippen molar-refractivity contribution in [3.8, 4) is 0 Å². The van der Waals surface area contributed by atoms with Crippen LogP contribution >= 0.6 is 15.9 Å². The zero-order chi connectivity index (χ0) is 14.6. The van der Waals surface area contributed by atoms with E-state index in [9.17, 15) is 14.0 Å². The van der Waals surface area contributed by atoms with Crippen LogP contribution in [0.2, 0.25) is 0 Å². The molecule has 0 aliphatic heterocycles. The van der Waals surface area contributed by atoms with E-state index in [1.54, 1.807) is 6.07 Å². The molecular formula is C13H15BrFNO3. The van der Waals surface area contributed by atoms with Crippen LogP contribution in [0.3, 0.4) is 0 Å². The van der Waals surface area contributed by atoms with Gasteiger partial charge in [0.05, 0.1) is 5.56 Å². The summed E-state index contributed by atoms with van der Waals surface area (Å²) in [5.74, 6) is -2.32. The van der Waals surface area contributed by atoms with E-state index in [4.69, 9.17) is 5.11 Å². The van der Waals surface area contributed by atoms with E-state index in [0.717, 1.165) is 4.90 Å². The summed E-state index contributed by atoms with van der Waals surface area (Å²) in [4.78, 5) is 24.2. The largest absolute Gasteiger partial charge is 0.480 e. The van der Waals surface area contributed by atoms with Gasteiger partial charge < -0.3 is 10.0 Å². The van der Waals surface area contributed by atoms with Gasteiger partial charge in [-0.15, -0.1) is 0 Å². The molecule has 1 aromatic rings. The first-order chi connectivity index (χ1) is 8.82. The topological polar surface area (TPSA) is 57.6 Å². The molecule has 0 unspecified atom stereocenters. The number of carboxylic acid groups (broad SMARTS) is 1. The van der Waals surface area contributed by atoms with Crippen LogP contribution in [-0.2, 0) is 4.79 Å². The van der Waals surface area contributed by atoms with Crippen molar-refractivity contribution in [2.24, 2.45) is 5.92 Å². The second-order valence-corrected chi connectivity index (χ2v) is 5.42. The summed E-state index contributed by atoms with van der Waals surface area (Å²) < 4.78 is 14.0. The third-order valence-corrected chi connectivity index (χ3v) is 3.04. The second kappa shape index (κ2) is 6.65. The van der Waals surface area contributed by atoms with Crippen molar-refractivity contribution in [2.45, 2.75) is 13.8 Å². The maximum atomic E-state index is 13.7. The van der Waals surface area contributed by atoms with Crippen LogP contribution in [0.25, 0.3) is 0 Å². The Hall–Kier alpha value is -1.43. The molecule has 1 N–H and O–H groups in total. The minimum absolute atomic E-state index is 0.0915. The lowest BCUT2D eigenvalue weighted by Crippen LogP contribution is -2.38. The molecule has 0 saturated heterocycles. The molecule has 0 fully saturated rings. The van der Waals surface area contributed by atoms with Crippen LogP contribution in [0.1, 0.15) is 24.2 Å². The number of carbonyl (C=O) groups is 2. The predicted molar refractivity (Wildman–Crippen MR) is 72.5 cm³/mol. The highest BCUT2D eigenvalue weighted by Crippen LogP contribution is 2.21. The van der Waals surface area contributed by atoms with Gasteiger partial charge in [-0.1, -0.05) is 19.9 Å². The fourth-order valence-corrected chi connectivity index (χ4v) is 2.20. The Morgan fingerprint density at radius 1 is 1.42 bits per heavy atom. The van der Waals surface area contributed by atoms with E-state index in [0.29, 0.717) is 4.47 Å². The Labute approximate surface area is 119 Å². The van der Waals surface area contributed by atoms with E-state index in [1.807, 2.05) is 13.8 Å². The van der Waals surface area contributed by atoms with Gasteiger partial charge in [0.25, 0.3) is 5.91 Å². The lowest BCUT2D eigenvalue weighted by molar-refractivity contribution is -0.137. The Bertz CT molecular complexity index is 471. The van der Waals surface area contributed by atoms with E-state index >= 15 is 0 Å². The van der Waals surface area contributed by atoms with Crippen LogP contribution in [0.5, 0.6) is 0 Å². The number of carbonyl (C=O) groups excluding carboxylic acids is 1. The molecule has 0 aromatic heterocycles. The summed E-state index contributed by atoms with van der Waals surface area (Å²) in [5.41, 5.74) is -0.135. The van der Waals surface area contributed by atoms with Crippen LogP contribution in [0.15, 0.2) is 22.7 Å². The lowest BCUT2D eigenvalue weighted by atomic mass is 10.1. The number of aliphatic carboxylic acids is 1. The van der Waals surface area contributed by atoms with E-state index in [-0.39, 0.29) is 18.0 Å². The first-order valence-electron chi connectivity index (χ1n) is 5.78. The Morgan fingerprint density at radius 3 is 2.53 bits per heavy atom. The minimum Gasteiger partial charge on any atom is -0.480 e. The first kappa shape index (κ1) is 15.6. The average Bonchev–Trinajstić information content (AvgIpc) is 2.26. The molecular weight excluding hydrogens is 317 g/mol. The zero-order valence-corrected chi connectivity index (χ0v) is 12.3. The average molecular weight is 332 g/mol. The van der Waals surface area contributed by atoms with Crippen molar-refractivity contribution in [3.05, 3.63) is 34.1 Å². The third kappa shape index (κ3) is 4.31. The van der Waals surface area contributed by atoms with Gasteiger partial charge in [-0.25, -0.2) is 4.39 Å². The molecule has 1 rings (SSSR count). The summed E-state index contributed by atoms with van der Waals surface area (Å²) in [6.07, 6.45) is 0. The highest BCUT2D eigenvalue weighted by Gasteiger charge is 2.24. The predicted octanol–water partition coefficient (Wildman–Crippen LogP) is 2.77. The number of halogens is 2. The normalized spacial score (nSPS) is 10.6. The fourth-order valence-electron chi connectivity index (χ4n) is 1.68. The number of nitrogens with zero attached hydrogens (tertiary/aromatic N) is 1. The van der Waals surface area contributed by atoms with Gasteiger partial charge in [-0.2, -0.15) is 0 Å². The molecule has 0 aliphatic rings. The summed E-state index contributed by atoms with van der Waals surface area (Å²) >= 11 is 3.11. The van der Waals surface area contributed by atoms with Crippen molar-refractivity contribution >= 4 is 27.8 Å². The standard InChI is InChI=1S/C13H15BrFNO3/c1-8(2)6-16(7-11(17)18)13(19)12-9(14)4-3-5-10(12)15/h3-5,8H,6-7H2,1-2H3,(H,17,18). The molecule has 1 aromatic carbocycles. The van der Waals surface area contributed by atoms with Gasteiger partial charge in [0, 0.05) is 11.0 Å². The number of rotatable bonds is 5. The molecule has 0 bridgehead atoms. The molecule has 0 spiro atoms. The van der Waals surface area contributed by atoms with Gasteiger partial charge in [0.2, 0.25) is 0 Å². The molecule has 0 heterocycles. The maximum Gasteiger partial charge on any atom is 0.323 e. The van der Waals surface area contributed by atoms with Crippen molar-refractivity contribution in [1.82, 2.24) is 4.90 Å². The molecule has 0 atom stereocenters. The zero-order valence-electron chi connectivity index (χ0n) is 10.7. The minimum atomic E-state index is -1.12. The molecule has 0 saturated carbocycles. The Morgan fingerprint density at radius 2 is 2.05 bits per heavy atom. The smallest absolute Gasteiger partial charge is 0.323 e. The van der Waals surface area contributed by atoms with Gasteiger partial charge in [-0.3, -0.25) is 9.59 Å². The number of benzene rings is 1. The first-order valence-corrected chi connectivity index (χ1v) is 6.57. The Kier molecular flexibility index (Phi) is 5.47. The van der Waals surface area contributed by atoms with Gasteiger partial charge in [0.15, 0.2) is 0 Å². The monoisotopic (exact) mass is 331 g/mol. The second-order valence-electron chi connectivity index (χ2n) is 4.57. The highest BCUT2D eigenvalue weighted by atomic mass is 79.9. The number of hydrogen-bond donors (Lipinski definition) is 1. The molecule has 6 heteroatoms. The quantitative estimate of drug-likeness (QED) is 0.902. The molecule has 0 aliphatic carbocycles. The summed E-state index contributed by atoms with van der Waals surface area (Å²) in [7, 11) is 0. The summed E-state index contributed by atoms with van der Waals surface area (Å²) in [6.45, 7) is 3.53. The van der Waals surface area contributed by atoms with E-state index in [1.165, 1.54) is 12.1 Å². The van der Waals surface area contributed by atoms with Crippen LogP contribution in [0, 0.1) is 11.7 Å². The Balaban J connectivity index is 3.08. The number of amides is 1. The molecule has 104 valence electrons. The van der Waals surface area contributed by atoms with E-state index in [2.05, 4.69) is 15.9 Å². The van der Waals surface area contributed by atoms with E-state index < -0.39 is 24.2 Å². The van der Waals surface area contributed by atoms with Crippen molar-refractivity contribution in [1.29, 1.82) is 0 Å². The van der Waals surface area contributed by atoms with Crippen molar-refractivity contribution in [2.75, 3.05) is 13.1 Å². The molecule has 19 heavy (non-hydrogen) atoms.